The maximum Gasteiger partial charge on any atom is 0.303 e. The van der Waals surface area contributed by atoms with Gasteiger partial charge in [-0.25, -0.2) is 4.98 Å². The van der Waals surface area contributed by atoms with Crippen LogP contribution in [0.1, 0.15) is 53.7 Å². The van der Waals surface area contributed by atoms with E-state index in [4.69, 9.17) is 5.11 Å². The molecule has 2 rings (SSSR count). The second-order valence-corrected chi connectivity index (χ2v) is 6.17. The first-order valence-corrected chi connectivity index (χ1v) is 7.91. The van der Waals surface area contributed by atoms with Gasteiger partial charge in [0.1, 0.15) is 4.88 Å². The Bertz CT molecular complexity index is 487. The van der Waals surface area contributed by atoms with Crippen LogP contribution >= 0.6 is 11.3 Å². The molecule has 5 nitrogen and oxygen atoms in total. The number of aliphatic carboxylic acids is 1. The highest BCUT2D eigenvalue weighted by Crippen LogP contribution is 2.25. The van der Waals surface area contributed by atoms with Crippen LogP contribution < -0.4 is 0 Å². The van der Waals surface area contributed by atoms with Gasteiger partial charge in [0.25, 0.3) is 5.91 Å². The zero-order chi connectivity index (χ0) is 14.5. The molecule has 6 heteroatoms. The summed E-state index contributed by atoms with van der Waals surface area (Å²) < 4.78 is 0. The fourth-order valence-corrected chi connectivity index (χ4v) is 3.39. The molecule has 0 spiro atoms. The number of rotatable bonds is 5. The molecule has 2 heterocycles. The average molecular weight is 296 g/mol. The van der Waals surface area contributed by atoms with E-state index < -0.39 is 5.97 Å². The number of carbonyl (C=O) groups excluding carboxylic acids is 1. The maximum atomic E-state index is 12.5. The van der Waals surface area contributed by atoms with E-state index in [1.165, 1.54) is 11.3 Å². The molecule has 1 saturated heterocycles. The van der Waals surface area contributed by atoms with Gasteiger partial charge in [-0.05, 0) is 32.1 Å². The number of nitrogens with zero attached hydrogens (tertiary/aromatic N) is 2. The van der Waals surface area contributed by atoms with Crippen LogP contribution in [0.5, 0.6) is 0 Å². The molecule has 0 unspecified atom stereocenters. The molecule has 110 valence electrons. The molecule has 0 radical (unpaired) electrons. The van der Waals surface area contributed by atoms with E-state index in [2.05, 4.69) is 4.98 Å². The highest BCUT2D eigenvalue weighted by Gasteiger charge is 2.28. The van der Waals surface area contributed by atoms with Gasteiger partial charge >= 0.3 is 5.97 Å². The van der Waals surface area contributed by atoms with Crippen molar-refractivity contribution in [2.24, 2.45) is 0 Å². The van der Waals surface area contributed by atoms with Gasteiger partial charge < -0.3 is 10.0 Å². The highest BCUT2D eigenvalue weighted by atomic mass is 32.1. The zero-order valence-corrected chi connectivity index (χ0v) is 12.5. The molecule has 1 fully saturated rings. The second-order valence-electron chi connectivity index (χ2n) is 5.05. The molecule has 1 aromatic heterocycles. The van der Waals surface area contributed by atoms with Gasteiger partial charge in [0.05, 0.1) is 11.2 Å². The minimum atomic E-state index is -0.797. The Labute approximate surface area is 122 Å². The van der Waals surface area contributed by atoms with Gasteiger partial charge in [0.15, 0.2) is 0 Å². The van der Waals surface area contributed by atoms with E-state index in [9.17, 15) is 9.59 Å². The number of hydrogen-bond donors (Lipinski definition) is 1. The van der Waals surface area contributed by atoms with Crippen molar-refractivity contribution in [3.8, 4) is 0 Å². The zero-order valence-electron chi connectivity index (χ0n) is 11.7. The summed E-state index contributed by atoms with van der Waals surface area (Å²) in [4.78, 5) is 30.0. The van der Waals surface area contributed by atoms with Crippen LogP contribution in [0, 0.1) is 0 Å². The predicted octanol–water partition coefficient (Wildman–Crippen LogP) is 2.57. The fourth-order valence-electron chi connectivity index (χ4n) is 2.57. The number of carbonyl (C=O) groups is 2. The minimum absolute atomic E-state index is 0.0114. The number of piperidine rings is 1. The lowest BCUT2D eigenvalue weighted by Gasteiger charge is -2.35. The largest absolute Gasteiger partial charge is 0.481 e. The molecule has 1 aliphatic heterocycles. The summed E-state index contributed by atoms with van der Waals surface area (Å²) in [6.45, 7) is 2.74. The van der Waals surface area contributed by atoms with Crippen molar-refractivity contribution < 1.29 is 14.7 Å². The van der Waals surface area contributed by atoms with Crippen LogP contribution in [0.15, 0.2) is 6.20 Å². The third-order valence-electron chi connectivity index (χ3n) is 3.65. The lowest BCUT2D eigenvalue weighted by Crippen LogP contribution is -2.43. The molecule has 20 heavy (non-hydrogen) atoms. The molecule has 1 aromatic rings. The summed E-state index contributed by atoms with van der Waals surface area (Å²) in [5.41, 5.74) is 0. The molecule has 0 aromatic carbocycles. The Kier molecular flexibility index (Phi) is 5.11. The van der Waals surface area contributed by atoms with Crippen molar-refractivity contribution in [2.75, 3.05) is 6.54 Å². The summed E-state index contributed by atoms with van der Waals surface area (Å²) in [5.74, 6) is -0.786. The Morgan fingerprint density at radius 1 is 1.50 bits per heavy atom. The molecule has 1 aliphatic rings. The third kappa shape index (κ3) is 3.56. The Balaban J connectivity index is 2.06. The molecular formula is C14H20N2O3S. The Morgan fingerprint density at radius 2 is 2.30 bits per heavy atom. The molecule has 0 saturated carbocycles. The van der Waals surface area contributed by atoms with Crippen molar-refractivity contribution in [2.45, 2.75) is 51.5 Å². The summed E-state index contributed by atoms with van der Waals surface area (Å²) in [6.07, 6.45) is 6.11. The summed E-state index contributed by atoms with van der Waals surface area (Å²) in [6, 6.07) is 0.0551. The number of carboxylic acids is 1. The third-order valence-corrected chi connectivity index (χ3v) is 4.78. The van der Waals surface area contributed by atoms with Crippen molar-refractivity contribution in [1.82, 2.24) is 9.88 Å². The van der Waals surface area contributed by atoms with Gasteiger partial charge in [0, 0.05) is 19.0 Å². The van der Waals surface area contributed by atoms with Crippen LogP contribution in [-0.2, 0) is 11.2 Å². The molecule has 0 aliphatic carbocycles. The van der Waals surface area contributed by atoms with Gasteiger partial charge in [0.2, 0.25) is 0 Å². The van der Waals surface area contributed by atoms with Gasteiger partial charge in [-0.15, -0.1) is 11.3 Å². The minimum Gasteiger partial charge on any atom is -0.481 e. The first-order valence-electron chi connectivity index (χ1n) is 7.09. The molecule has 1 N–H and O–H groups in total. The standard InChI is InChI=1S/C14H20N2O3S/c1-2-12-15-9-11(20-12)14(19)16-8-4-3-5-10(16)6-7-13(17)18/h9-10H,2-8H2,1H3,(H,17,18)/t10-/m1/s1. The van der Waals surface area contributed by atoms with Crippen molar-refractivity contribution in [3.63, 3.8) is 0 Å². The maximum absolute atomic E-state index is 12.5. The summed E-state index contributed by atoms with van der Waals surface area (Å²) >= 11 is 1.44. The van der Waals surface area contributed by atoms with E-state index in [0.717, 1.165) is 37.2 Å². The first-order chi connectivity index (χ1) is 9.61. The van der Waals surface area contributed by atoms with Crippen molar-refractivity contribution in [1.29, 1.82) is 0 Å². The topological polar surface area (TPSA) is 70.5 Å². The number of amides is 1. The van der Waals surface area contributed by atoms with Crippen LogP contribution in [0.3, 0.4) is 0 Å². The Hall–Kier alpha value is -1.43. The van der Waals surface area contributed by atoms with E-state index in [1.807, 2.05) is 11.8 Å². The lowest BCUT2D eigenvalue weighted by molar-refractivity contribution is -0.137. The number of aryl methyl sites for hydroxylation is 1. The van der Waals surface area contributed by atoms with E-state index in [1.54, 1.807) is 6.20 Å². The van der Waals surface area contributed by atoms with Crippen molar-refractivity contribution in [3.05, 3.63) is 16.1 Å². The Morgan fingerprint density at radius 3 is 2.95 bits per heavy atom. The summed E-state index contributed by atoms with van der Waals surface area (Å²) in [7, 11) is 0. The first kappa shape index (κ1) is 15.0. The molecule has 0 bridgehead atoms. The smallest absolute Gasteiger partial charge is 0.303 e. The molecule has 1 amide bonds. The number of carboxylic acid groups (broad SMARTS) is 1. The lowest BCUT2D eigenvalue weighted by atomic mass is 9.97. The van der Waals surface area contributed by atoms with E-state index in [-0.39, 0.29) is 18.4 Å². The van der Waals surface area contributed by atoms with Crippen LogP contribution in [0.25, 0.3) is 0 Å². The van der Waals surface area contributed by atoms with Crippen LogP contribution in [0.2, 0.25) is 0 Å². The predicted molar refractivity (Wildman–Crippen MR) is 77.0 cm³/mol. The van der Waals surface area contributed by atoms with Crippen LogP contribution in [0.4, 0.5) is 0 Å². The second kappa shape index (κ2) is 6.83. The average Bonchev–Trinajstić information content (AvgIpc) is 2.93. The van der Waals surface area contributed by atoms with Gasteiger partial charge in [-0.3, -0.25) is 9.59 Å². The normalized spacial score (nSPS) is 19.1. The van der Waals surface area contributed by atoms with Gasteiger partial charge in [-0.1, -0.05) is 6.92 Å². The number of aromatic nitrogens is 1. The number of likely N-dealkylation sites (tertiary alicyclic amines) is 1. The van der Waals surface area contributed by atoms with Crippen molar-refractivity contribution >= 4 is 23.2 Å². The quantitative estimate of drug-likeness (QED) is 0.906. The fraction of sp³-hybridized carbons (Fsp3) is 0.643. The van der Waals surface area contributed by atoms with E-state index >= 15 is 0 Å². The molecular weight excluding hydrogens is 276 g/mol. The number of hydrogen-bond acceptors (Lipinski definition) is 4. The summed E-state index contributed by atoms with van der Waals surface area (Å²) in [5, 5.41) is 9.78. The SMILES string of the molecule is CCc1ncc(C(=O)N2CCCC[C@@H]2CCC(=O)O)s1. The monoisotopic (exact) mass is 296 g/mol. The highest BCUT2D eigenvalue weighted by molar-refractivity contribution is 7.13. The molecule has 1 atom stereocenters. The van der Waals surface area contributed by atoms with Gasteiger partial charge in [-0.2, -0.15) is 0 Å². The number of thiazole rings is 1. The van der Waals surface area contributed by atoms with Crippen LogP contribution in [-0.4, -0.2) is 39.5 Å². The van der Waals surface area contributed by atoms with E-state index in [0.29, 0.717) is 11.3 Å².